The van der Waals surface area contributed by atoms with Gasteiger partial charge in [0.25, 0.3) is 0 Å². The Kier molecular flexibility index (Phi) is 3.72. The van der Waals surface area contributed by atoms with Crippen LogP contribution in [0.2, 0.25) is 0 Å². The molecule has 2 aromatic rings. The van der Waals surface area contributed by atoms with Crippen molar-refractivity contribution in [1.82, 2.24) is 0 Å². The zero-order valence-corrected chi connectivity index (χ0v) is 13.4. The van der Waals surface area contributed by atoms with Crippen LogP contribution in [0.4, 0.5) is 5.69 Å². The van der Waals surface area contributed by atoms with E-state index in [9.17, 15) is 4.79 Å². The zero-order valence-electron chi connectivity index (χ0n) is 11.8. The highest BCUT2D eigenvalue weighted by atomic mass is 79.9. The lowest BCUT2D eigenvalue weighted by molar-refractivity contribution is 0.0991. The molecule has 21 heavy (non-hydrogen) atoms. The SMILES string of the molecule is Cc1c(N)cccc1C(=O)Cc1cc(Br)cc2c1OCC2. The molecule has 0 fully saturated rings. The van der Waals surface area contributed by atoms with Gasteiger partial charge in [-0.1, -0.05) is 28.1 Å². The summed E-state index contributed by atoms with van der Waals surface area (Å²) in [5.41, 5.74) is 10.2. The van der Waals surface area contributed by atoms with E-state index >= 15 is 0 Å². The van der Waals surface area contributed by atoms with E-state index in [0.717, 1.165) is 33.3 Å². The number of anilines is 1. The average molecular weight is 346 g/mol. The lowest BCUT2D eigenvalue weighted by atomic mass is 9.96. The normalized spacial score (nSPS) is 12.9. The van der Waals surface area contributed by atoms with Gasteiger partial charge < -0.3 is 10.5 Å². The van der Waals surface area contributed by atoms with Crippen LogP contribution in [0.5, 0.6) is 5.75 Å². The Bertz CT molecular complexity index is 725. The molecule has 0 bridgehead atoms. The van der Waals surface area contributed by atoms with Crippen molar-refractivity contribution in [1.29, 1.82) is 0 Å². The maximum absolute atomic E-state index is 12.6. The van der Waals surface area contributed by atoms with Crippen molar-refractivity contribution in [2.75, 3.05) is 12.3 Å². The first-order chi connectivity index (χ1) is 10.1. The van der Waals surface area contributed by atoms with Crippen molar-refractivity contribution in [2.45, 2.75) is 19.8 Å². The first-order valence-electron chi connectivity index (χ1n) is 6.88. The molecule has 108 valence electrons. The minimum atomic E-state index is 0.0654. The van der Waals surface area contributed by atoms with Crippen molar-refractivity contribution in [3.63, 3.8) is 0 Å². The van der Waals surface area contributed by atoms with Gasteiger partial charge >= 0.3 is 0 Å². The van der Waals surface area contributed by atoms with Gasteiger partial charge in [-0.25, -0.2) is 0 Å². The van der Waals surface area contributed by atoms with Crippen LogP contribution in [-0.2, 0) is 12.8 Å². The molecule has 2 N–H and O–H groups in total. The molecule has 0 spiro atoms. The fourth-order valence-electron chi connectivity index (χ4n) is 2.70. The fraction of sp³-hybridized carbons (Fsp3) is 0.235. The summed E-state index contributed by atoms with van der Waals surface area (Å²) in [6.07, 6.45) is 1.22. The van der Waals surface area contributed by atoms with E-state index < -0.39 is 0 Å². The Labute approximate surface area is 132 Å². The van der Waals surface area contributed by atoms with E-state index in [4.69, 9.17) is 10.5 Å². The number of fused-ring (bicyclic) bond motifs is 1. The first-order valence-corrected chi connectivity index (χ1v) is 7.68. The second-order valence-electron chi connectivity index (χ2n) is 5.27. The van der Waals surface area contributed by atoms with Crippen LogP contribution in [0.15, 0.2) is 34.8 Å². The molecule has 0 aromatic heterocycles. The van der Waals surface area contributed by atoms with Crippen LogP contribution in [0.3, 0.4) is 0 Å². The maximum atomic E-state index is 12.6. The van der Waals surface area contributed by atoms with Crippen LogP contribution < -0.4 is 10.5 Å². The molecule has 0 radical (unpaired) electrons. The van der Waals surface area contributed by atoms with E-state index in [1.54, 1.807) is 0 Å². The molecule has 0 aliphatic carbocycles. The van der Waals surface area contributed by atoms with Crippen molar-refractivity contribution in [2.24, 2.45) is 0 Å². The number of nitrogen functional groups attached to an aromatic ring is 1. The highest BCUT2D eigenvalue weighted by Crippen LogP contribution is 2.34. The summed E-state index contributed by atoms with van der Waals surface area (Å²) < 4.78 is 6.66. The number of carbonyl (C=O) groups excluding carboxylic acids is 1. The molecule has 3 nitrogen and oxygen atoms in total. The number of carbonyl (C=O) groups is 1. The Morgan fingerprint density at radius 1 is 1.38 bits per heavy atom. The van der Waals surface area contributed by atoms with Gasteiger partial charge in [0.2, 0.25) is 0 Å². The van der Waals surface area contributed by atoms with Crippen molar-refractivity contribution in [3.8, 4) is 5.75 Å². The van der Waals surface area contributed by atoms with E-state index in [1.807, 2.05) is 31.2 Å². The number of halogens is 1. The van der Waals surface area contributed by atoms with Crippen LogP contribution in [-0.4, -0.2) is 12.4 Å². The van der Waals surface area contributed by atoms with Gasteiger partial charge in [0, 0.05) is 34.1 Å². The molecule has 1 heterocycles. The molecule has 4 heteroatoms. The number of nitrogens with two attached hydrogens (primary N) is 1. The van der Waals surface area contributed by atoms with Crippen LogP contribution in [0.1, 0.15) is 27.0 Å². The molecule has 1 aliphatic rings. The molecule has 0 saturated heterocycles. The predicted octanol–water partition coefficient (Wildman–Crippen LogP) is 3.70. The fourth-order valence-corrected chi connectivity index (χ4v) is 3.25. The maximum Gasteiger partial charge on any atom is 0.167 e. The van der Waals surface area contributed by atoms with Crippen molar-refractivity contribution in [3.05, 3.63) is 57.1 Å². The Morgan fingerprint density at radius 2 is 2.19 bits per heavy atom. The average Bonchev–Trinajstić information content (AvgIpc) is 2.90. The number of Topliss-reactive ketones (excluding diaryl/α,β-unsaturated/α-hetero) is 1. The first kappa shape index (κ1) is 14.1. The minimum absolute atomic E-state index is 0.0654. The third-order valence-corrected chi connectivity index (χ3v) is 4.31. The molecule has 1 aliphatic heterocycles. The van der Waals surface area contributed by atoms with Gasteiger partial charge in [0.15, 0.2) is 5.78 Å². The Hall–Kier alpha value is -1.81. The van der Waals surface area contributed by atoms with Crippen LogP contribution in [0, 0.1) is 6.92 Å². The highest BCUT2D eigenvalue weighted by Gasteiger charge is 2.20. The van der Waals surface area contributed by atoms with E-state index in [-0.39, 0.29) is 5.78 Å². The topological polar surface area (TPSA) is 52.3 Å². The Morgan fingerprint density at radius 3 is 3.00 bits per heavy atom. The predicted molar refractivity (Wildman–Crippen MR) is 87.0 cm³/mol. The number of rotatable bonds is 3. The summed E-state index contributed by atoms with van der Waals surface area (Å²) >= 11 is 3.50. The second kappa shape index (κ2) is 5.53. The number of hydrogen-bond donors (Lipinski definition) is 1. The summed E-state index contributed by atoms with van der Waals surface area (Å²) in [5, 5.41) is 0. The Balaban J connectivity index is 1.94. The van der Waals surface area contributed by atoms with Crippen LogP contribution in [0.25, 0.3) is 0 Å². The van der Waals surface area contributed by atoms with Gasteiger partial charge in [0.1, 0.15) is 5.75 Å². The van der Waals surface area contributed by atoms with Gasteiger partial charge in [-0.3, -0.25) is 4.79 Å². The van der Waals surface area contributed by atoms with Crippen molar-refractivity contribution < 1.29 is 9.53 Å². The summed E-state index contributed by atoms with van der Waals surface area (Å²) in [6.45, 7) is 2.56. The smallest absolute Gasteiger partial charge is 0.167 e. The largest absolute Gasteiger partial charge is 0.493 e. The third-order valence-electron chi connectivity index (χ3n) is 3.85. The molecular formula is C17H16BrNO2. The monoisotopic (exact) mass is 345 g/mol. The highest BCUT2D eigenvalue weighted by molar-refractivity contribution is 9.10. The zero-order chi connectivity index (χ0) is 15.0. The quantitative estimate of drug-likeness (QED) is 0.681. The number of hydrogen-bond acceptors (Lipinski definition) is 3. The molecule has 0 atom stereocenters. The van der Waals surface area contributed by atoms with E-state index in [1.165, 1.54) is 0 Å². The third kappa shape index (κ3) is 2.68. The van der Waals surface area contributed by atoms with Gasteiger partial charge in [-0.2, -0.15) is 0 Å². The lowest BCUT2D eigenvalue weighted by Crippen LogP contribution is -2.08. The molecule has 0 unspecified atom stereocenters. The number of ketones is 1. The number of benzene rings is 2. The van der Waals surface area contributed by atoms with Crippen molar-refractivity contribution >= 4 is 27.4 Å². The summed E-state index contributed by atoms with van der Waals surface area (Å²) in [5.74, 6) is 0.934. The molecule has 3 rings (SSSR count). The summed E-state index contributed by atoms with van der Waals surface area (Å²) in [7, 11) is 0. The van der Waals surface area contributed by atoms with E-state index in [0.29, 0.717) is 24.3 Å². The van der Waals surface area contributed by atoms with Gasteiger partial charge in [0.05, 0.1) is 6.61 Å². The van der Waals surface area contributed by atoms with Crippen LogP contribution >= 0.6 is 15.9 Å². The van der Waals surface area contributed by atoms with Gasteiger partial charge in [-0.05, 0) is 36.2 Å². The van der Waals surface area contributed by atoms with Gasteiger partial charge in [-0.15, -0.1) is 0 Å². The lowest BCUT2D eigenvalue weighted by Gasteiger charge is -2.11. The molecule has 0 saturated carbocycles. The summed E-state index contributed by atoms with van der Waals surface area (Å²) in [4.78, 5) is 12.6. The summed E-state index contributed by atoms with van der Waals surface area (Å²) in [6, 6.07) is 9.47. The second-order valence-corrected chi connectivity index (χ2v) is 6.19. The molecule has 0 amide bonds. The number of ether oxygens (including phenoxy) is 1. The standard InChI is InChI=1S/C17H16BrNO2/c1-10-14(3-2-4-15(10)19)16(20)9-12-8-13(18)7-11-5-6-21-17(11)12/h2-4,7-8H,5-6,9,19H2,1H3. The molecule has 2 aromatic carbocycles. The minimum Gasteiger partial charge on any atom is -0.493 e. The molecular weight excluding hydrogens is 330 g/mol. The van der Waals surface area contributed by atoms with E-state index in [2.05, 4.69) is 22.0 Å².